The van der Waals surface area contributed by atoms with Crippen LogP contribution in [0.3, 0.4) is 0 Å². The van der Waals surface area contributed by atoms with E-state index in [1.165, 1.54) is 0 Å². The van der Waals surface area contributed by atoms with Crippen molar-refractivity contribution in [2.75, 3.05) is 32.8 Å². The van der Waals surface area contributed by atoms with Crippen LogP contribution in [-0.4, -0.2) is 66.0 Å². The number of nitrogens with zero attached hydrogens (tertiary/aromatic N) is 1. The fourth-order valence-electron chi connectivity index (χ4n) is 5.88. The minimum atomic E-state index is -0.880. The van der Waals surface area contributed by atoms with Gasteiger partial charge in [-0.25, -0.2) is 4.79 Å². The summed E-state index contributed by atoms with van der Waals surface area (Å²) in [5.74, 6) is -0.491. The fraction of sp³-hybridized carbons (Fsp3) is 0.429. The normalized spacial score (nSPS) is 21.3. The number of amides is 2. The Kier molecular flexibility index (Phi) is 11.7. The SMILES string of the molecule is CCOC(=O)CNC(=O)NCc1ccc(C2OC(CN3CCC(O)(c4ccc(Cl)cc4)CC3)CC(c3ccc(CO)cc3)O2)cc1. The lowest BCUT2D eigenvalue weighted by Crippen LogP contribution is -2.46. The molecule has 2 aliphatic rings. The Morgan fingerprint density at radius 1 is 0.935 bits per heavy atom. The molecule has 2 aliphatic heterocycles. The second-order valence-corrected chi connectivity index (χ2v) is 12.2. The molecule has 11 heteroatoms. The van der Waals surface area contributed by atoms with E-state index in [0.29, 0.717) is 30.8 Å². The Hall–Kier alpha value is -3.51. The van der Waals surface area contributed by atoms with Gasteiger partial charge in [0.15, 0.2) is 6.29 Å². The number of rotatable bonds is 11. The second-order valence-electron chi connectivity index (χ2n) is 11.8. The van der Waals surface area contributed by atoms with Crippen molar-refractivity contribution in [2.24, 2.45) is 0 Å². The van der Waals surface area contributed by atoms with Gasteiger partial charge >= 0.3 is 12.0 Å². The highest BCUT2D eigenvalue weighted by atomic mass is 35.5. The van der Waals surface area contributed by atoms with E-state index in [0.717, 1.165) is 40.9 Å². The standard InChI is InChI=1S/C35H42ClN3O7/c1-2-44-32(41)21-38-34(42)37-20-24-3-9-27(10-4-24)33-45-30(19-31(46-33)26-7-5-25(23-40)6-8-26)22-39-17-15-35(43,16-18-39)28-11-13-29(36)14-12-28/h3-14,30-31,33,40,43H,2,15-23H2,1H3,(H2,37,38,42). The third-order valence-corrected chi connectivity index (χ3v) is 8.80. The predicted octanol–water partition coefficient (Wildman–Crippen LogP) is 4.72. The van der Waals surface area contributed by atoms with Gasteiger partial charge in [0.25, 0.3) is 0 Å². The number of esters is 1. The number of urea groups is 1. The molecule has 2 heterocycles. The third kappa shape index (κ3) is 9.06. The van der Waals surface area contributed by atoms with Crippen LogP contribution in [0.5, 0.6) is 0 Å². The van der Waals surface area contributed by atoms with Gasteiger partial charge in [0, 0.05) is 43.2 Å². The van der Waals surface area contributed by atoms with Crippen LogP contribution in [0.1, 0.15) is 66.4 Å². The van der Waals surface area contributed by atoms with Crippen molar-refractivity contribution in [1.82, 2.24) is 15.5 Å². The van der Waals surface area contributed by atoms with Crippen LogP contribution in [0.25, 0.3) is 0 Å². The third-order valence-electron chi connectivity index (χ3n) is 8.55. The molecule has 2 saturated heterocycles. The van der Waals surface area contributed by atoms with Crippen LogP contribution in [-0.2, 0) is 37.8 Å². The smallest absolute Gasteiger partial charge is 0.325 e. The molecule has 0 bridgehead atoms. The first-order valence-electron chi connectivity index (χ1n) is 15.7. The molecule has 10 nitrogen and oxygen atoms in total. The monoisotopic (exact) mass is 651 g/mol. The first kappa shape index (κ1) is 33.8. The Labute approximate surface area is 274 Å². The largest absolute Gasteiger partial charge is 0.465 e. The van der Waals surface area contributed by atoms with E-state index >= 15 is 0 Å². The van der Waals surface area contributed by atoms with E-state index in [1.54, 1.807) is 6.92 Å². The number of likely N-dealkylation sites (tertiary alicyclic amines) is 1. The maximum absolute atomic E-state index is 12.1. The molecule has 4 N–H and O–H groups in total. The highest BCUT2D eigenvalue weighted by Crippen LogP contribution is 2.39. The molecule has 3 unspecified atom stereocenters. The van der Waals surface area contributed by atoms with Gasteiger partial charge in [-0.2, -0.15) is 0 Å². The molecule has 246 valence electrons. The van der Waals surface area contributed by atoms with Gasteiger partial charge in [-0.05, 0) is 54.2 Å². The van der Waals surface area contributed by atoms with Crippen LogP contribution >= 0.6 is 11.6 Å². The summed E-state index contributed by atoms with van der Waals surface area (Å²) < 4.78 is 17.8. The van der Waals surface area contributed by atoms with Crippen molar-refractivity contribution < 1.29 is 34.0 Å². The molecule has 0 aromatic heterocycles. The molecule has 0 saturated carbocycles. The zero-order valence-corrected chi connectivity index (χ0v) is 26.7. The number of piperidine rings is 1. The summed E-state index contributed by atoms with van der Waals surface area (Å²) in [6.07, 6.45) is 0.958. The number of benzene rings is 3. The number of nitrogens with one attached hydrogen (secondary N) is 2. The van der Waals surface area contributed by atoms with E-state index in [9.17, 15) is 19.8 Å². The number of aliphatic hydroxyl groups excluding tert-OH is 1. The van der Waals surface area contributed by atoms with Gasteiger partial charge in [0.05, 0.1) is 31.0 Å². The Morgan fingerprint density at radius 3 is 2.24 bits per heavy atom. The molecule has 3 aromatic carbocycles. The average Bonchev–Trinajstić information content (AvgIpc) is 3.08. The number of carbonyl (C=O) groups excluding carboxylic acids is 2. The summed E-state index contributed by atoms with van der Waals surface area (Å²) >= 11 is 6.06. The molecular formula is C35H42ClN3O7. The van der Waals surface area contributed by atoms with Crippen molar-refractivity contribution in [3.8, 4) is 0 Å². The Morgan fingerprint density at radius 2 is 1.59 bits per heavy atom. The maximum atomic E-state index is 12.1. The molecule has 2 amide bonds. The molecule has 3 atom stereocenters. The van der Waals surface area contributed by atoms with Crippen LogP contribution in [0, 0.1) is 0 Å². The van der Waals surface area contributed by atoms with Gasteiger partial charge in [-0.15, -0.1) is 0 Å². The lowest BCUT2D eigenvalue weighted by atomic mass is 9.84. The molecule has 3 aromatic rings. The first-order chi connectivity index (χ1) is 22.2. The fourth-order valence-corrected chi connectivity index (χ4v) is 6.00. The number of hydrogen-bond acceptors (Lipinski definition) is 8. The van der Waals surface area contributed by atoms with Crippen LogP contribution < -0.4 is 10.6 Å². The lowest BCUT2D eigenvalue weighted by molar-refractivity contribution is -0.253. The summed E-state index contributed by atoms with van der Waals surface area (Å²) in [7, 11) is 0. The number of aliphatic hydroxyl groups is 2. The maximum Gasteiger partial charge on any atom is 0.325 e. The van der Waals surface area contributed by atoms with Gasteiger partial charge in [0.1, 0.15) is 6.54 Å². The number of hydrogen-bond donors (Lipinski definition) is 4. The molecule has 0 aliphatic carbocycles. The van der Waals surface area contributed by atoms with Gasteiger partial charge < -0.3 is 40.0 Å². The van der Waals surface area contributed by atoms with Crippen molar-refractivity contribution in [3.05, 3.63) is 106 Å². The van der Waals surface area contributed by atoms with Crippen molar-refractivity contribution >= 4 is 23.6 Å². The van der Waals surface area contributed by atoms with Crippen LogP contribution in [0.2, 0.25) is 5.02 Å². The zero-order valence-electron chi connectivity index (χ0n) is 26.0. The summed E-state index contributed by atoms with van der Waals surface area (Å²) in [6.45, 7) is 4.19. The Bertz CT molecular complexity index is 1430. The summed E-state index contributed by atoms with van der Waals surface area (Å²) in [6, 6.07) is 22.5. The van der Waals surface area contributed by atoms with E-state index in [4.69, 9.17) is 25.8 Å². The van der Waals surface area contributed by atoms with E-state index in [1.807, 2.05) is 72.8 Å². The van der Waals surface area contributed by atoms with Crippen molar-refractivity contribution in [2.45, 2.75) is 63.4 Å². The van der Waals surface area contributed by atoms with Gasteiger partial charge in [-0.1, -0.05) is 72.3 Å². The highest BCUT2D eigenvalue weighted by molar-refractivity contribution is 6.30. The second kappa shape index (κ2) is 15.9. The summed E-state index contributed by atoms with van der Waals surface area (Å²) in [5.41, 5.74) is 3.59. The average molecular weight is 652 g/mol. The van der Waals surface area contributed by atoms with Crippen molar-refractivity contribution in [1.29, 1.82) is 0 Å². The molecule has 2 fully saturated rings. The molecule has 0 spiro atoms. The van der Waals surface area contributed by atoms with E-state index in [2.05, 4.69) is 15.5 Å². The minimum Gasteiger partial charge on any atom is -0.465 e. The molecule has 5 rings (SSSR count). The minimum absolute atomic E-state index is 0.0221. The summed E-state index contributed by atoms with van der Waals surface area (Å²) in [5, 5.41) is 26.7. The van der Waals surface area contributed by atoms with Crippen LogP contribution in [0.4, 0.5) is 4.79 Å². The number of ether oxygens (including phenoxy) is 3. The lowest BCUT2D eigenvalue weighted by Gasteiger charge is -2.42. The molecular weight excluding hydrogens is 610 g/mol. The zero-order chi connectivity index (χ0) is 32.5. The van der Waals surface area contributed by atoms with Crippen LogP contribution in [0.15, 0.2) is 72.8 Å². The number of halogens is 1. The van der Waals surface area contributed by atoms with Crippen molar-refractivity contribution in [3.63, 3.8) is 0 Å². The van der Waals surface area contributed by atoms with Gasteiger partial charge in [0.2, 0.25) is 0 Å². The topological polar surface area (TPSA) is 130 Å². The predicted molar refractivity (Wildman–Crippen MR) is 173 cm³/mol. The Balaban J connectivity index is 1.22. The van der Waals surface area contributed by atoms with E-state index in [-0.39, 0.29) is 38.5 Å². The molecule has 46 heavy (non-hydrogen) atoms. The molecule has 0 radical (unpaired) electrons. The quantitative estimate of drug-likeness (QED) is 0.219. The first-order valence-corrected chi connectivity index (χ1v) is 16.1. The highest BCUT2D eigenvalue weighted by Gasteiger charge is 2.37. The number of carbonyl (C=O) groups is 2. The summed E-state index contributed by atoms with van der Waals surface area (Å²) in [4.78, 5) is 25.9. The van der Waals surface area contributed by atoms with E-state index < -0.39 is 23.9 Å². The van der Waals surface area contributed by atoms with Gasteiger partial charge in [-0.3, -0.25) is 4.79 Å².